The van der Waals surface area contributed by atoms with Gasteiger partial charge in [-0.3, -0.25) is 0 Å². The highest BCUT2D eigenvalue weighted by atomic mass is 16.3. The summed E-state index contributed by atoms with van der Waals surface area (Å²) in [4.78, 5) is 0. The second-order valence-corrected chi connectivity index (χ2v) is 6.29. The maximum atomic E-state index is 11.2. The lowest BCUT2D eigenvalue weighted by atomic mass is 9.76. The monoisotopic (exact) mass is 283 g/mol. The summed E-state index contributed by atoms with van der Waals surface area (Å²) in [6.45, 7) is 3.28. The molecule has 2 nitrogen and oxygen atoms in total. The minimum Gasteiger partial charge on any atom is -0.385 e. The first-order chi connectivity index (χ1) is 10.2. The molecular formula is C19H25NO. The summed E-state index contributed by atoms with van der Waals surface area (Å²) < 4.78 is 0. The molecule has 21 heavy (non-hydrogen) atoms. The van der Waals surface area contributed by atoms with Crippen LogP contribution in [0.4, 0.5) is 0 Å². The molecule has 0 saturated heterocycles. The van der Waals surface area contributed by atoms with Crippen molar-refractivity contribution >= 4 is 10.8 Å². The second kappa shape index (κ2) is 6.17. The minimum atomic E-state index is -0.661. The summed E-state index contributed by atoms with van der Waals surface area (Å²) in [6, 6.07) is 15.2. The highest BCUT2D eigenvalue weighted by Crippen LogP contribution is 2.40. The van der Waals surface area contributed by atoms with Gasteiger partial charge in [-0.15, -0.1) is 0 Å². The van der Waals surface area contributed by atoms with Gasteiger partial charge in [0.2, 0.25) is 0 Å². The van der Waals surface area contributed by atoms with Gasteiger partial charge < -0.3 is 10.4 Å². The zero-order chi connectivity index (χ0) is 14.7. The number of nitrogens with one attached hydrogen (secondary N) is 1. The average Bonchev–Trinajstić information content (AvgIpc) is 2.54. The van der Waals surface area contributed by atoms with Gasteiger partial charge in [0.05, 0.1) is 5.60 Å². The molecule has 1 fully saturated rings. The van der Waals surface area contributed by atoms with E-state index in [4.69, 9.17) is 0 Å². The highest BCUT2D eigenvalue weighted by Gasteiger charge is 2.35. The van der Waals surface area contributed by atoms with E-state index in [1.807, 2.05) is 0 Å². The van der Waals surface area contributed by atoms with E-state index in [9.17, 15) is 5.11 Å². The lowest BCUT2D eigenvalue weighted by Gasteiger charge is -2.37. The van der Waals surface area contributed by atoms with Gasteiger partial charge >= 0.3 is 0 Å². The largest absolute Gasteiger partial charge is 0.385 e. The van der Waals surface area contributed by atoms with Crippen LogP contribution in [0.2, 0.25) is 0 Å². The van der Waals surface area contributed by atoms with Crippen LogP contribution in [-0.2, 0) is 5.60 Å². The summed E-state index contributed by atoms with van der Waals surface area (Å²) >= 11 is 0. The maximum Gasteiger partial charge on any atom is 0.0903 e. The molecular weight excluding hydrogens is 258 g/mol. The Balaban J connectivity index is 1.82. The van der Waals surface area contributed by atoms with Crippen LogP contribution in [0.1, 0.15) is 44.6 Å². The number of fused-ring (bicyclic) bond motifs is 1. The van der Waals surface area contributed by atoms with Crippen molar-refractivity contribution in [3.8, 4) is 0 Å². The van der Waals surface area contributed by atoms with Crippen molar-refractivity contribution in [2.24, 2.45) is 0 Å². The highest BCUT2D eigenvalue weighted by molar-refractivity contribution is 5.86. The molecule has 0 spiro atoms. The fraction of sp³-hybridized carbons (Fsp3) is 0.474. The Morgan fingerprint density at radius 2 is 1.81 bits per heavy atom. The molecule has 3 rings (SSSR count). The van der Waals surface area contributed by atoms with Crippen LogP contribution >= 0.6 is 0 Å². The summed E-state index contributed by atoms with van der Waals surface area (Å²) in [5, 5.41) is 17.2. The zero-order valence-corrected chi connectivity index (χ0v) is 12.8. The molecule has 1 saturated carbocycles. The molecule has 1 aliphatic rings. The fourth-order valence-electron chi connectivity index (χ4n) is 3.55. The van der Waals surface area contributed by atoms with E-state index < -0.39 is 5.60 Å². The predicted octanol–water partition coefficient (Wildman–Crippen LogP) is 3.97. The number of aliphatic hydroxyl groups is 1. The van der Waals surface area contributed by atoms with Crippen LogP contribution in [0.15, 0.2) is 42.5 Å². The summed E-state index contributed by atoms with van der Waals surface area (Å²) in [5.41, 5.74) is 0.445. The standard InChI is InChI=1S/C19H25NO/c1-2-14-20-16-10-12-19(21,13-11-16)18-9-5-7-15-6-3-4-8-17(15)18/h3-9,16,20-21H,2,10-14H2,1H3. The van der Waals surface area contributed by atoms with Gasteiger partial charge in [-0.2, -0.15) is 0 Å². The van der Waals surface area contributed by atoms with E-state index in [2.05, 4.69) is 54.7 Å². The van der Waals surface area contributed by atoms with Gasteiger partial charge in [-0.05, 0) is 55.0 Å². The lowest BCUT2D eigenvalue weighted by Crippen LogP contribution is -2.40. The van der Waals surface area contributed by atoms with E-state index in [0.29, 0.717) is 6.04 Å². The number of benzene rings is 2. The molecule has 2 N–H and O–H groups in total. The van der Waals surface area contributed by atoms with E-state index in [1.165, 1.54) is 17.2 Å². The van der Waals surface area contributed by atoms with E-state index in [-0.39, 0.29) is 0 Å². The molecule has 2 aromatic carbocycles. The van der Waals surface area contributed by atoms with Crippen molar-refractivity contribution in [2.75, 3.05) is 6.54 Å². The summed E-state index contributed by atoms with van der Waals surface area (Å²) in [5.74, 6) is 0. The zero-order valence-electron chi connectivity index (χ0n) is 12.8. The Kier molecular flexibility index (Phi) is 4.27. The molecule has 0 unspecified atom stereocenters. The van der Waals surface area contributed by atoms with E-state index >= 15 is 0 Å². The molecule has 1 aliphatic carbocycles. The van der Waals surface area contributed by atoms with E-state index in [1.54, 1.807) is 0 Å². The Bertz CT molecular complexity index is 594. The first-order valence-corrected chi connectivity index (χ1v) is 8.17. The SMILES string of the molecule is CCCNC1CCC(O)(c2cccc3ccccc23)CC1. The van der Waals surface area contributed by atoms with Crippen molar-refractivity contribution in [3.05, 3.63) is 48.0 Å². The van der Waals surface area contributed by atoms with Gasteiger partial charge in [0.25, 0.3) is 0 Å². The fourth-order valence-corrected chi connectivity index (χ4v) is 3.55. The molecule has 0 radical (unpaired) electrons. The predicted molar refractivity (Wildman–Crippen MR) is 88.4 cm³/mol. The number of hydrogen-bond acceptors (Lipinski definition) is 2. The Morgan fingerprint density at radius 1 is 1.10 bits per heavy atom. The third-order valence-electron chi connectivity index (χ3n) is 4.79. The minimum absolute atomic E-state index is 0.570. The quantitative estimate of drug-likeness (QED) is 0.890. The smallest absolute Gasteiger partial charge is 0.0903 e. The third-order valence-corrected chi connectivity index (χ3v) is 4.79. The van der Waals surface area contributed by atoms with E-state index in [0.717, 1.165) is 37.8 Å². The Morgan fingerprint density at radius 3 is 2.57 bits per heavy atom. The first-order valence-electron chi connectivity index (χ1n) is 8.17. The Labute approximate surface area is 127 Å². The number of rotatable bonds is 4. The molecule has 0 amide bonds. The van der Waals surface area contributed by atoms with Crippen molar-refractivity contribution in [2.45, 2.75) is 50.7 Å². The maximum absolute atomic E-state index is 11.2. The van der Waals surface area contributed by atoms with Crippen LogP contribution in [0, 0.1) is 0 Å². The lowest BCUT2D eigenvalue weighted by molar-refractivity contribution is -0.00693. The average molecular weight is 283 g/mol. The van der Waals surface area contributed by atoms with Crippen LogP contribution in [0.3, 0.4) is 0 Å². The number of hydrogen-bond donors (Lipinski definition) is 2. The molecule has 0 atom stereocenters. The molecule has 0 aromatic heterocycles. The van der Waals surface area contributed by atoms with Crippen LogP contribution in [0.5, 0.6) is 0 Å². The molecule has 2 aromatic rings. The first kappa shape index (κ1) is 14.6. The van der Waals surface area contributed by atoms with Gasteiger partial charge in [0.15, 0.2) is 0 Å². The van der Waals surface area contributed by atoms with Gasteiger partial charge in [-0.25, -0.2) is 0 Å². The topological polar surface area (TPSA) is 32.3 Å². The van der Waals surface area contributed by atoms with Crippen molar-refractivity contribution in [3.63, 3.8) is 0 Å². The third kappa shape index (κ3) is 2.97. The molecule has 0 bridgehead atoms. The van der Waals surface area contributed by atoms with Crippen LogP contribution in [-0.4, -0.2) is 17.7 Å². The molecule has 2 heteroatoms. The van der Waals surface area contributed by atoms with Gasteiger partial charge in [0.1, 0.15) is 0 Å². The Hall–Kier alpha value is -1.38. The van der Waals surface area contributed by atoms with Gasteiger partial charge in [-0.1, -0.05) is 49.4 Å². The van der Waals surface area contributed by atoms with Crippen molar-refractivity contribution < 1.29 is 5.11 Å². The van der Waals surface area contributed by atoms with Crippen LogP contribution < -0.4 is 5.32 Å². The second-order valence-electron chi connectivity index (χ2n) is 6.29. The molecule has 0 aliphatic heterocycles. The van der Waals surface area contributed by atoms with Crippen LogP contribution in [0.25, 0.3) is 10.8 Å². The molecule has 0 heterocycles. The van der Waals surface area contributed by atoms with Crippen molar-refractivity contribution in [1.82, 2.24) is 5.32 Å². The summed E-state index contributed by atoms with van der Waals surface area (Å²) in [6.07, 6.45) is 4.98. The normalized spacial score (nSPS) is 26.1. The summed E-state index contributed by atoms with van der Waals surface area (Å²) in [7, 11) is 0. The molecule has 112 valence electrons. The van der Waals surface area contributed by atoms with Crippen molar-refractivity contribution in [1.29, 1.82) is 0 Å². The van der Waals surface area contributed by atoms with Gasteiger partial charge in [0, 0.05) is 6.04 Å².